The number of carbonyl (C=O) groups is 3. The zero-order valence-corrected chi connectivity index (χ0v) is 15.4. The van der Waals surface area contributed by atoms with Gasteiger partial charge in [0.25, 0.3) is 5.91 Å². The number of Topliss-reactive ketones (excluding diaryl/α,β-unsaturated/α-hetero) is 1. The molecule has 25 heavy (non-hydrogen) atoms. The number of hydrogen-bond donors (Lipinski definition) is 2. The van der Waals surface area contributed by atoms with Crippen LogP contribution in [0.3, 0.4) is 0 Å². The maximum absolute atomic E-state index is 12.4. The SMILES string of the molecule is CCOC(=O)c1c(NC(=O)C[NH+]2CCC[C@H](C)C2)oc(C)c1C(C)=O. The molecular formula is C18H27N2O5+. The molecule has 7 nitrogen and oxygen atoms in total. The molecule has 0 aliphatic carbocycles. The molecular weight excluding hydrogens is 324 g/mol. The molecule has 1 aliphatic rings. The number of aryl methyl sites for hydroxylation is 1. The van der Waals surface area contributed by atoms with Crippen LogP contribution in [-0.4, -0.2) is 43.9 Å². The number of amides is 1. The van der Waals surface area contributed by atoms with Crippen molar-refractivity contribution in [1.82, 2.24) is 0 Å². The number of carbonyl (C=O) groups excluding carboxylic acids is 3. The van der Waals surface area contributed by atoms with E-state index in [0.29, 0.717) is 18.2 Å². The standard InChI is InChI=1S/C18H26N2O5/c1-5-24-18(23)16-15(12(3)21)13(4)25-17(16)19-14(22)10-20-8-6-7-11(2)9-20/h11H,5-10H2,1-4H3,(H,19,22)/p+1/t11-/m0/s1. The molecule has 0 spiro atoms. The van der Waals surface area contributed by atoms with E-state index < -0.39 is 5.97 Å². The van der Waals surface area contributed by atoms with Gasteiger partial charge >= 0.3 is 5.97 Å². The van der Waals surface area contributed by atoms with Crippen LogP contribution in [0.5, 0.6) is 0 Å². The molecule has 1 aliphatic heterocycles. The first-order valence-electron chi connectivity index (χ1n) is 8.78. The number of piperidine rings is 1. The summed E-state index contributed by atoms with van der Waals surface area (Å²) in [6.45, 7) is 9.19. The Labute approximate surface area is 147 Å². The Morgan fingerprint density at radius 2 is 2.04 bits per heavy atom. The molecule has 7 heteroatoms. The number of quaternary nitrogens is 1. The summed E-state index contributed by atoms with van der Waals surface area (Å²) >= 11 is 0. The highest BCUT2D eigenvalue weighted by Crippen LogP contribution is 2.28. The third kappa shape index (κ3) is 4.69. The first-order valence-corrected chi connectivity index (χ1v) is 8.78. The Bertz CT molecular complexity index is 665. The van der Waals surface area contributed by atoms with E-state index >= 15 is 0 Å². The molecule has 2 rings (SSSR count). The number of rotatable bonds is 6. The summed E-state index contributed by atoms with van der Waals surface area (Å²) in [5.41, 5.74) is 0.162. The summed E-state index contributed by atoms with van der Waals surface area (Å²) in [6.07, 6.45) is 2.30. The lowest BCUT2D eigenvalue weighted by atomic mass is 10.0. The Kier molecular flexibility index (Phi) is 6.36. The maximum atomic E-state index is 12.4. The fourth-order valence-corrected chi connectivity index (χ4v) is 3.41. The molecule has 0 radical (unpaired) electrons. The number of ether oxygens (including phenoxy) is 1. The normalized spacial score (nSPS) is 20.2. The van der Waals surface area contributed by atoms with Crippen LogP contribution in [0.15, 0.2) is 4.42 Å². The molecule has 0 aromatic carbocycles. The molecule has 1 fully saturated rings. The van der Waals surface area contributed by atoms with Crippen LogP contribution < -0.4 is 10.2 Å². The number of anilines is 1. The predicted molar refractivity (Wildman–Crippen MR) is 92.0 cm³/mol. The maximum Gasteiger partial charge on any atom is 0.344 e. The molecule has 1 saturated heterocycles. The molecule has 0 bridgehead atoms. The van der Waals surface area contributed by atoms with Crippen molar-refractivity contribution in [3.63, 3.8) is 0 Å². The van der Waals surface area contributed by atoms with Crippen LogP contribution in [0, 0.1) is 12.8 Å². The van der Waals surface area contributed by atoms with Crippen molar-refractivity contribution >= 4 is 23.5 Å². The topological polar surface area (TPSA) is 90.0 Å². The molecule has 138 valence electrons. The minimum absolute atomic E-state index is 0.00205. The molecule has 1 aromatic heterocycles. The fourth-order valence-electron chi connectivity index (χ4n) is 3.41. The smallest absolute Gasteiger partial charge is 0.344 e. The summed E-state index contributed by atoms with van der Waals surface area (Å²) in [7, 11) is 0. The van der Waals surface area contributed by atoms with Gasteiger partial charge in [-0.1, -0.05) is 6.92 Å². The van der Waals surface area contributed by atoms with Crippen molar-refractivity contribution in [1.29, 1.82) is 0 Å². The van der Waals surface area contributed by atoms with Crippen LogP contribution in [0.1, 0.15) is 60.1 Å². The average Bonchev–Trinajstić information content (AvgIpc) is 2.83. The van der Waals surface area contributed by atoms with Gasteiger partial charge < -0.3 is 14.1 Å². The van der Waals surface area contributed by atoms with E-state index in [1.807, 2.05) is 0 Å². The minimum atomic E-state index is -0.668. The molecule has 1 amide bonds. The number of ketones is 1. The van der Waals surface area contributed by atoms with Crippen LogP contribution in [0.4, 0.5) is 5.88 Å². The van der Waals surface area contributed by atoms with Crippen molar-refractivity contribution < 1.29 is 28.4 Å². The second-order valence-electron chi connectivity index (χ2n) is 6.69. The lowest BCUT2D eigenvalue weighted by molar-refractivity contribution is -0.900. The van der Waals surface area contributed by atoms with Crippen molar-refractivity contribution in [2.75, 3.05) is 31.6 Å². The number of hydrogen-bond acceptors (Lipinski definition) is 5. The third-order valence-electron chi connectivity index (χ3n) is 4.44. The molecule has 2 N–H and O–H groups in total. The summed E-state index contributed by atoms with van der Waals surface area (Å²) in [6, 6.07) is 0. The molecule has 2 heterocycles. The fraction of sp³-hybridized carbons (Fsp3) is 0.611. The second kappa shape index (κ2) is 8.29. The highest BCUT2D eigenvalue weighted by atomic mass is 16.5. The van der Waals surface area contributed by atoms with Gasteiger partial charge in [0, 0.05) is 5.92 Å². The van der Waals surface area contributed by atoms with Gasteiger partial charge in [-0.3, -0.25) is 14.9 Å². The molecule has 0 saturated carbocycles. The Balaban J connectivity index is 2.17. The number of esters is 1. The highest BCUT2D eigenvalue weighted by molar-refractivity contribution is 6.10. The summed E-state index contributed by atoms with van der Waals surface area (Å²) < 4.78 is 10.5. The number of furan rings is 1. The monoisotopic (exact) mass is 351 g/mol. The number of nitrogens with one attached hydrogen (secondary N) is 2. The molecule has 2 atom stereocenters. The van der Waals surface area contributed by atoms with E-state index in [9.17, 15) is 14.4 Å². The Morgan fingerprint density at radius 1 is 1.32 bits per heavy atom. The zero-order chi connectivity index (χ0) is 18.6. The van der Waals surface area contributed by atoms with Gasteiger partial charge in [-0.25, -0.2) is 4.79 Å². The van der Waals surface area contributed by atoms with Gasteiger partial charge in [0.05, 0.1) is 25.3 Å². The van der Waals surface area contributed by atoms with Gasteiger partial charge in [-0.2, -0.15) is 0 Å². The average molecular weight is 351 g/mol. The van der Waals surface area contributed by atoms with Crippen LogP contribution >= 0.6 is 0 Å². The zero-order valence-electron chi connectivity index (χ0n) is 15.4. The van der Waals surface area contributed by atoms with Gasteiger partial charge in [0.2, 0.25) is 5.88 Å². The van der Waals surface area contributed by atoms with Crippen LogP contribution in [0.2, 0.25) is 0 Å². The van der Waals surface area contributed by atoms with E-state index in [1.165, 1.54) is 18.2 Å². The number of likely N-dealkylation sites (tertiary alicyclic amines) is 1. The second-order valence-corrected chi connectivity index (χ2v) is 6.69. The summed E-state index contributed by atoms with van der Waals surface area (Å²) in [5.74, 6) is -0.320. The summed E-state index contributed by atoms with van der Waals surface area (Å²) in [4.78, 5) is 37.7. The predicted octanol–water partition coefficient (Wildman–Crippen LogP) is 1.22. The lowest BCUT2D eigenvalue weighted by Gasteiger charge is -2.27. The Hall–Kier alpha value is -2.15. The summed E-state index contributed by atoms with van der Waals surface area (Å²) in [5, 5.41) is 2.65. The first-order chi connectivity index (χ1) is 11.8. The van der Waals surface area contributed by atoms with Crippen molar-refractivity contribution in [2.24, 2.45) is 5.92 Å². The van der Waals surface area contributed by atoms with Gasteiger partial charge in [0.15, 0.2) is 12.3 Å². The van der Waals surface area contributed by atoms with Crippen molar-refractivity contribution in [2.45, 2.75) is 40.5 Å². The molecule has 1 unspecified atom stereocenters. The van der Waals surface area contributed by atoms with E-state index in [4.69, 9.17) is 9.15 Å². The van der Waals surface area contributed by atoms with E-state index in [0.717, 1.165) is 19.5 Å². The minimum Gasteiger partial charge on any atom is -0.462 e. The van der Waals surface area contributed by atoms with Crippen molar-refractivity contribution in [3.8, 4) is 0 Å². The van der Waals surface area contributed by atoms with Crippen LogP contribution in [-0.2, 0) is 9.53 Å². The van der Waals surface area contributed by atoms with Crippen LogP contribution in [0.25, 0.3) is 0 Å². The van der Waals surface area contributed by atoms with Crippen molar-refractivity contribution in [3.05, 3.63) is 16.9 Å². The highest BCUT2D eigenvalue weighted by Gasteiger charge is 2.30. The third-order valence-corrected chi connectivity index (χ3v) is 4.44. The van der Waals surface area contributed by atoms with Gasteiger partial charge in [-0.05, 0) is 33.6 Å². The largest absolute Gasteiger partial charge is 0.462 e. The lowest BCUT2D eigenvalue weighted by Crippen LogP contribution is -3.14. The van der Waals surface area contributed by atoms with E-state index in [1.54, 1.807) is 13.8 Å². The van der Waals surface area contributed by atoms with E-state index in [-0.39, 0.29) is 35.3 Å². The Morgan fingerprint density at radius 3 is 2.64 bits per heavy atom. The first kappa shape index (κ1) is 19.2. The molecule has 1 aromatic rings. The van der Waals surface area contributed by atoms with Gasteiger partial charge in [-0.15, -0.1) is 0 Å². The van der Waals surface area contributed by atoms with Gasteiger partial charge in [0.1, 0.15) is 11.3 Å². The quantitative estimate of drug-likeness (QED) is 0.594. The van der Waals surface area contributed by atoms with E-state index in [2.05, 4.69) is 12.2 Å².